The van der Waals surface area contributed by atoms with Gasteiger partial charge in [0.05, 0.1) is 5.56 Å². The van der Waals surface area contributed by atoms with Crippen LogP contribution in [-0.4, -0.2) is 23.2 Å². The molecular formula is C19H23N3O2. The third-order valence-electron chi connectivity index (χ3n) is 3.66. The minimum Gasteiger partial charge on any atom is -0.370 e. The Labute approximate surface area is 142 Å². The van der Waals surface area contributed by atoms with Crippen LogP contribution in [0.2, 0.25) is 0 Å². The lowest BCUT2D eigenvalue weighted by Crippen LogP contribution is -2.12. The summed E-state index contributed by atoms with van der Waals surface area (Å²) in [6.45, 7) is 4.56. The maximum Gasteiger partial charge on any atom is 0.257 e. The molecular weight excluding hydrogens is 302 g/mol. The van der Waals surface area contributed by atoms with E-state index in [-0.39, 0.29) is 11.7 Å². The summed E-state index contributed by atoms with van der Waals surface area (Å²) in [5, 5.41) is 6.03. The fourth-order valence-electron chi connectivity index (χ4n) is 2.22. The molecule has 2 rings (SSSR count). The van der Waals surface area contributed by atoms with E-state index in [1.165, 1.54) is 19.8 Å². The van der Waals surface area contributed by atoms with Crippen molar-refractivity contribution >= 4 is 23.2 Å². The maximum absolute atomic E-state index is 12.2. The van der Waals surface area contributed by atoms with Gasteiger partial charge in [0.15, 0.2) is 5.78 Å². The van der Waals surface area contributed by atoms with Crippen LogP contribution in [0.1, 0.15) is 53.8 Å². The number of anilines is 2. The third kappa shape index (κ3) is 5.19. The molecule has 0 aliphatic heterocycles. The van der Waals surface area contributed by atoms with Gasteiger partial charge < -0.3 is 10.6 Å². The molecule has 0 atom stereocenters. The molecule has 1 aromatic heterocycles. The van der Waals surface area contributed by atoms with Crippen LogP contribution in [0.15, 0.2) is 42.6 Å². The fourth-order valence-corrected chi connectivity index (χ4v) is 2.22. The Hall–Kier alpha value is -2.69. The van der Waals surface area contributed by atoms with Gasteiger partial charge in [-0.15, -0.1) is 0 Å². The topological polar surface area (TPSA) is 71.1 Å². The number of carbonyl (C=O) groups is 2. The molecule has 0 saturated carbocycles. The third-order valence-corrected chi connectivity index (χ3v) is 3.66. The Bertz CT molecular complexity index is 679. The monoisotopic (exact) mass is 325 g/mol. The number of nitrogens with one attached hydrogen (secondary N) is 2. The Morgan fingerprint density at radius 1 is 1.00 bits per heavy atom. The van der Waals surface area contributed by atoms with Gasteiger partial charge >= 0.3 is 0 Å². The van der Waals surface area contributed by atoms with Gasteiger partial charge in [-0.3, -0.25) is 9.59 Å². The average Bonchev–Trinajstić information content (AvgIpc) is 2.59. The summed E-state index contributed by atoms with van der Waals surface area (Å²) < 4.78 is 0. The van der Waals surface area contributed by atoms with Crippen LogP contribution in [0.3, 0.4) is 0 Å². The Kier molecular flexibility index (Phi) is 6.49. The molecule has 0 unspecified atom stereocenters. The lowest BCUT2D eigenvalue weighted by molar-refractivity contribution is 0.101. The number of pyridine rings is 1. The SMILES string of the molecule is CCCCCNc1ccc(C(=O)Nc2ccc(C(C)=O)cc2)cn1. The highest BCUT2D eigenvalue weighted by atomic mass is 16.1. The summed E-state index contributed by atoms with van der Waals surface area (Å²) in [5.74, 6) is 0.545. The first-order chi connectivity index (χ1) is 11.6. The number of unbranched alkanes of at least 4 members (excludes halogenated alkanes) is 2. The zero-order valence-corrected chi connectivity index (χ0v) is 14.1. The number of amides is 1. The van der Waals surface area contributed by atoms with Gasteiger partial charge in [-0.25, -0.2) is 4.98 Å². The van der Waals surface area contributed by atoms with E-state index in [1.807, 2.05) is 0 Å². The van der Waals surface area contributed by atoms with Gasteiger partial charge in [0.1, 0.15) is 5.82 Å². The fraction of sp³-hybridized carbons (Fsp3) is 0.316. The Balaban J connectivity index is 1.91. The zero-order valence-electron chi connectivity index (χ0n) is 14.1. The summed E-state index contributed by atoms with van der Waals surface area (Å²) in [4.78, 5) is 27.7. The molecule has 24 heavy (non-hydrogen) atoms. The van der Waals surface area contributed by atoms with Gasteiger partial charge in [0.2, 0.25) is 0 Å². The van der Waals surface area contributed by atoms with E-state index in [2.05, 4.69) is 22.5 Å². The Morgan fingerprint density at radius 3 is 2.29 bits per heavy atom. The van der Waals surface area contributed by atoms with Gasteiger partial charge in [-0.05, 0) is 49.7 Å². The van der Waals surface area contributed by atoms with Crippen molar-refractivity contribution in [3.8, 4) is 0 Å². The predicted octanol–water partition coefficient (Wildman–Crippen LogP) is 4.14. The minimum absolute atomic E-state index is 0.000831. The lowest BCUT2D eigenvalue weighted by atomic mass is 10.1. The summed E-state index contributed by atoms with van der Waals surface area (Å²) in [6, 6.07) is 10.4. The number of hydrogen-bond donors (Lipinski definition) is 2. The van der Waals surface area contributed by atoms with Crippen molar-refractivity contribution in [1.82, 2.24) is 4.98 Å². The van der Waals surface area contributed by atoms with Crippen molar-refractivity contribution in [3.05, 3.63) is 53.7 Å². The Morgan fingerprint density at radius 2 is 1.71 bits per heavy atom. The van der Waals surface area contributed by atoms with E-state index < -0.39 is 0 Å². The van der Waals surface area contributed by atoms with Crippen LogP contribution in [0.5, 0.6) is 0 Å². The molecule has 2 aromatic rings. The van der Waals surface area contributed by atoms with Crippen molar-refractivity contribution < 1.29 is 9.59 Å². The highest BCUT2D eigenvalue weighted by molar-refractivity contribution is 6.04. The number of hydrogen-bond acceptors (Lipinski definition) is 4. The first kappa shape index (κ1) is 17.7. The van der Waals surface area contributed by atoms with Crippen molar-refractivity contribution in [3.63, 3.8) is 0 Å². The largest absolute Gasteiger partial charge is 0.370 e. The van der Waals surface area contributed by atoms with Crippen molar-refractivity contribution in [1.29, 1.82) is 0 Å². The number of benzene rings is 1. The van der Waals surface area contributed by atoms with Gasteiger partial charge in [0.25, 0.3) is 5.91 Å². The molecule has 1 aromatic carbocycles. The van der Waals surface area contributed by atoms with Crippen molar-refractivity contribution in [2.24, 2.45) is 0 Å². The first-order valence-corrected chi connectivity index (χ1v) is 8.22. The summed E-state index contributed by atoms with van der Waals surface area (Å²) in [6.07, 6.45) is 5.04. The summed E-state index contributed by atoms with van der Waals surface area (Å²) >= 11 is 0. The number of ketones is 1. The van der Waals surface area contributed by atoms with Crippen LogP contribution < -0.4 is 10.6 Å². The molecule has 0 aliphatic carbocycles. The second-order valence-electron chi connectivity index (χ2n) is 5.65. The normalized spacial score (nSPS) is 10.2. The lowest BCUT2D eigenvalue weighted by Gasteiger charge is -2.08. The molecule has 0 saturated heterocycles. The van der Waals surface area contributed by atoms with Gasteiger partial charge in [-0.2, -0.15) is 0 Å². The molecule has 0 radical (unpaired) electrons. The molecule has 0 aliphatic rings. The molecule has 5 nitrogen and oxygen atoms in total. The van der Waals surface area contributed by atoms with E-state index in [4.69, 9.17) is 0 Å². The first-order valence-electron chi connectivity index (χ1n) is 8.22. The number of carbonyl (C=O) groups excluding carboxylic acids is 2. The van der Waals surface area contributed by atoms with Crippen molar-refractivity contribution in [2.75, 3.05) is 17.2 Å². The molecule has 2 N–H and O–H groups in total. The van der Waals surface area contributed by atoms with Crippen LogP contribution in [0.25, 0.3) is 0 Å². The molecule has 0 spiro atoms. The predicted molar refractivity (Wildman–Crippen MR) is 96.7 cm³/mol. The van der Waals surface area contributed by atoms with E-state index in [0.29, 0.717) is 16.8 Å². The minimum atomic E-state index is -0.226. The van der Waals surface area contributed by atoms with E-state index in [1.54, 1.807) is 42.6 Å². The van der Waals surface area contributed by atoms with E-state index in [0.717, 1.165) is 18.8 Å². The number of rotatable bonds is 8. The smallest absolute Gasteiger partial charge is 0.257 e. The van der Waals surface area contributed by atoms with E-state index >= 15 is 0 Å². The molecule has 0 fully saturated rings. The van der Waals surface area contributed by atoms with Crippen molar-refractivity contribution in [2.45, 2.75) is 33.1 Å². The summed E-state index contributed by atoms with van der Waals surface area (Å²) in [5.41, 5.74) is 1.75. The molecule has 126 valence electrons. The van der Waals surface area contributed by atoms with Crippen LogP contribution in [-0.2, 0) is 0 Å². The van der Waals surface area contributed by atoms with Crippen LogP contribution in [0, 0.1) is 0 Å². The quantitative estimate of drug-likeness (QED) is 0.565. The second kappa shape index (κ2) is 8.82. The second-order valence-corrected chi connectivity index (χ2v) is 5.65. The highest BCUT2D eigenvalue weighted by Gasteiger charge is 2.07. The standard InChI is InChI=1S/C19H23N3O2/c1-3-4-5-12-20-18-11-8-16(13-21-18)19(24)22-17-9-6-15(7-10-17)14(2)23/h6-11,13H,3-5,12H2,1-2H3,(H,20,21)(H,22,24). The molecule has 5 heteroatoms. The molecule has 0 bridgehead atoms. The zero-order chi connectivity index (χ0) is 17.4. The average molecular weight is 325 g/mol. The number of Topliss-reactive ketones (excluding diaryl/α,β-unsaturated/α-hetero) is 1. The maximum atomic E-state index is 12.2. The number of aromatic nitrogens is 1. The van der Waals surface area contributed by atoms with Crippen LogP contribution in [0.4, 0.5) is 11.5 Å². The summed E-state index contributed by atoms with van der Waals surface area (Å²) in [7, 11) is 0. The van der Waals surface area contributed by atoms with Gasteiger partial charge in [0, 0.05) is 24.0 Å². The molecule has 1 amide bonds. The molecule has 1 heterocycles. The highest BCUT2D eigenvalue weighted by Crippen LogP contribution is 2.12. The van der Waals surface area contributed by atoms with Crippen LogP contribution >= 0.6 is 0 Å². The van der Waals surface area contributed by atoms with E-state index in [9.17, 15) is 9.59 Å². The van der Waals surface area contributed by atoms with Gasteiger partial charge in [-0.1, -0.05) is 19.8 Å². The number of nitrogens with zero attached hydrogens (tertiary/aromatic N) is 1.